The fraction of sp³-hybridized carbons (Fsp3) is 0.533. The lowest BCUT2D eigenvalue weighted by atomic mass is 10.1. The summed E-state index contributed by atoms with van der Waals surface area (Å²) < 4.78 is 5.63. The summed E-state index contributed by atoms with van der Waals surface area (Å²) in [6, 6.07) is 7.85. The third-order valence-electron chi connectivity index (χ3n) is 3.27. The lowest BCUT2D eigenvalue weighted by Crippen LogP contribution is -2.37. The van der Waals surface area contributed by atoms with E-state index in [4.69, 9.17) is 4.74 Å². The number of para-hydroxylation sites is 1. The van der Waals surface area contributed by atoms with Crippen LogP contribution in [0.5, 0.6) is 5.75 Å². The molecule has 1 N–H and O–H groups in total. The van der Waals surface area contributed by atoms with Crippen molar-refractivity contribution in [1.29, 1.82) is 0 Å². The molecule has 0 saturated carbocycles. The van der Waals surface area contributed by atoms with Crippen LogP contribution in [0.4, 0.5) is 0 Å². The molecule has 1 aromatic rings. The zero-order valence-corrected chi connectivity index (χ0v) is 10.9. The smallest absolute Gasteiger partial charge is 0.261 e. The first-order chi connectivity index (χ1) is 8.81. The van der Waals surface area contributed by atoms with Crippen molar-refractivity contribution in [2.45, 2.75) is 45.1 Å². The van der Waals surface area contributed by atoms with E-state index in [0.717, 1.165) is 24.3 Å². The molecule has 1 atom stereocenters. The van der Waals surface area contributed by atoms with Gasteiger partial charge in [0.05, 0.1) is 0 Å². The number of benzene rings is 1. The van der Waals surface area contributed by atoms with E-state index in [1.807, 2.05) is 24.3 Å². The number of carbonyl (C=O) groups is 1. The average Bonchev–Trinajstić information content (AvgIpc) is 2.82. The van der Waals surface area contributed by atoms with Gasteiger partial charge in [0, 0.05) is 13.0 Å². The Morgan fingerprint density at radius 2 is 2.17 bits per heavy atom. The first-order valence-corrected chi connectivity index (χ1v) is 6.83. The van der Waals surface area contributed by atoms with Crippen molar-refractivity contribution in [3.63, 3.8) is 0 Å². The van der Waals surface area contributed by atoms with Crippen molar-refractivity contribution in [2.75, 3.05) is 6.54 Å². The van der Waals surface area contributed by atoms with E-state index in [-0.39, 0.29) is 12.0 Å². The summed E-state index contributed by atoms with van der Waals surface area (Å²) in [7, 11) is 0. The van der Waals surface area contributed by atoms with Gasteiger partial charge in [-0.05, 0) is 18.1 Å². The molecular formula is C15H21NO2. The standard InChI is InChI=1S/C15H21NO2/c1-2-3-4-7-10-16-15(17)14-11-12-8-5-6-9-13(12)18-14/h5-6,8-9,14H,2-4,7,10-11H2,1H3,(H,16,17). The quantitative estimate of drug-likeness (QED) is 0.785. The largest absolute Gasteiger partial charge is 0.480 e. The predicted octanol–water partition coefficient (Wildman–Crippen LogP) is 2.69. The lowest BCUT2D eigenvalue weighted by Gasteiger charge is -2.11. The van der Waals surface area contributed by atoms with Crippen LogP contribution in [-0.4, -0.2) is 18.6 Å². The van der Waals surface area contributed by atoms with Gasteiger partial charge in [0.15, 0.2) is 6.10 Å². The van der Waals surface area contributed by atoms with Crippen molar-refractivity contribution in [1.82, 2.24) is 5.32 Å². The Bertz CT molecular complexity index is 378. The molecule has 0 saturated heterocycles. The van der Waals surface area contributed by atoms with E-state index in [1.165, 1.54) is 19.3 Å². The monoisotopic (exact) mass is 247 g/mol. The van der Waals surface area contributed by atoms with Crippen LogP contribution in [0.25, 0.3) is 0 Å². The number of nitrogens with one attached hydrogen (secondary N) is 1. The molecule has 0 radical (unpaired) electrons. The Morgan fingerprint density at radius 1 is 1.33 bits per heavy atom. The Morgan fingerprint density at radius 3 is 2.94 bits per heavy atom. The van der Waals surface area contributed by atoms with Crippen LogP contribution < -0.4 is 10.1 Å². The van der Waals surface area contributed by atoms with Crippen LogP contribution in [0.3, 0.4) is 0 Å². The maximum atomic E-state index is 11.9. The van der Waals surface area contributed by atoms with Gasteiger partial charge in [-0.3, -0.25) is 4.79 Å². The Labute approximate surface area is 109 Å². The molecule has 18 heavy (non-hydrogen) atoms. The third-order valence-corrected chi connectivity index (χ3v) is 3.27. The molecule has 0 aromatic heterocycles. The van der Waals surface area contributed by atoms with Crippen LogP contribution in [0.1, 0.15) is 38.2 Å². The third kappa shape index (κ3) is 3.25. The zero-order valence-electron chi connectivity index (χ0n) is 10.9. The maximum Gasteiger partial charge on any atom is 0.261 e. The van der Waals surface area contributed by atoms with Crippen molar-refractivity contribution in [3.8, 4) is 5.75 Å². The van der Waals surface area contributed by atoms with E-state index in [2.05, 4.69) is 12.2 Å². The molecule has 1 amide bonds. The summed E-state index contributed by atoms with van der Waals surface area (Å²) in [4.78, 5) is 11.9. The van der Waals surface area contributed by atoms with Crippen molar-refractivity contribution in [2.24, 2.45) is 0 Å². The number of unbranched alkanes of at least 4 members (excludes halogenated alkanes) is 3. The van der Waals surface area contributed by atoms with E-state index < -0.39 is 0 Å². The summed E-state index contributed by atoms with van der Waals surface area (Å²) in [5.74, 6) is 0.867. The average molecular weight is 247 g/mol. The fourth-order valence-corrected chi connectivity index (χ4v) is 2.21. The van der Waals surface area contributed by atoms with Gasteiger partial charge in [-0.1, -0.05) is 44.4 Å². The number of rotatable bonds is 6. The number of carbonyl (C=O) groups excluding carboxylic acids is 1. The summed E-state index contributed by atoms with van der Waals surface area (Å²) in [5.41, 5.74) is 1.13. The Kier molecular flexibility index (Phi) is 4.62. The second-order valence-electron chi connectivity index (χ2n) is 4.77. The number of hydrogen-bond donors (Lipinski definition) is 1. The molecule has 1 unspecified atom stereocenters. The minimum absolute atomic E-state index is 0.0164. The Balaban J connectivity index is 1.72. The molecule has 0 bridgehead atoms. The highest BCUT2D eigenvalue weighted by Gasteiger charge is 2.28. The van der Waals surface area contributed by atoms with Gasteiger partial charge >= 0.3 is 0 Å². The van der Waals surface area contributed by atoms with Crippen LogP contribution in [-0.2, 0) is 11.2 Å². The number of amides is 1. The normalized spacial score (nSPS) is 17.1. The topological polar surface area (TPSA) is 38.3 Å². The van der Waals surface area contributed by atoms with E-state index in [9.17, 15) is 4.79 Å². The van der Waals surface area contributed by atoms with Gasteiger partial charge in [-0.15, -0.1) is 0 Å². The van der Waals surface area contributed by atoms with Crippen LogP contribution in [0, 0.1) is 0 Å². The van der Waals surface area contributed by atoms with Crippen molar-refractivity contribution >= 4 is 5.91 Å². The van der Waals surface area contributed by atoms with Gasteiger partial charge in [0.2, 0.25) is 0 Å². The number of ether oxygens (including phenoxy) is 1. The van der Waals surface area contributed by atoms with Gasteiger partial charge < -0.3 is 10.1 Å². The second kappa shape index (κ2) is 6.43. The van der Waals surface area contributed by atoms with E-state index >= 15 is 0 Å². The minimum atomic E-state index is -0.339. The summed E-state index contributed by atoms with van der Waals surface area (Å²) in [6.45, 7) is 2.94. The zero-order chi connectivity index (χ0) is 12.8. The molecule has 1 aliphatic rings. The fourth-order valence-electron chi connectivity index (χ4n) is 2.21. The molecule has 0 spiro atoms. The summed E-state index contributed by atoms with van der Waals surface area (Å²) >= 11 is 0. The van der Waals surface area contributed by atoms with Crippen LogP contribution >= 0.6 is 0 Å². The molecular weight excluding hydrogens is 226 g/mol. The van der Waals surface area contributed by atoms with E-state index in [0.29, 0.717) is 6.42 Å². The SMILES string of the molecule is CCCCCCNC(=O)C1Cc2ccccc2O1. The van der Waals surface area contributed by atoms with E-state index in [1.54, 1.807) is 0 Å². The van der Waals surface area contributed by atoms with Gasteiger partial charge in [0.25, 0.3) is 5.91 Å². The van der Waals surface area contributed by atoms with Gasteiger partial charge in [-0.25, -0.2) is 0 Å². The lowest BCUT2D eigenvalue weighted by molar-refractivity contribution is -0.127. The molecule has 2 rings (SSSR count). The summed E-state index contributed by atoms with van der Waals surface area (Å²) in [6.07, 6.45) is 5.04. The second-order valence-corrected chi connectivity index (χ2v) is 4.77. The molecule has 3 heteroatoms. The molecule has 1 aromatic carbocycles. The molecule has 98 valence electrons. The molecule has 3 nitrogen and oxygen atoms in total. The van der Waals surface area contributed by atoms with Gasteiger partial charge in [0.1, 0.15) is 5.75 Å². The molecule has 0 aliphatic carbocycles. The predicted molar refractivity (Wildman–Crippen MR) is 71.7 cm³/mol. The first-order valence-electron chi connectivity index (χ1n) is 6.83. The number of hydrogen-bond acceptors (Lipinski definition) is 2. The molecule has 1 aliphatic heterocycles. The highest BCUT2D eigenvalue weighted by molar-refractivity contribution is 5.82. The van der Waals surface area contributed by atoms with Crippen molar-refractivity contribution in [3.05, 3.63) is 29.8 Å². The van der Waals surface area contributed by atoms with Crippen molar-refractivity contribution < 1.29 is 9.53 Å². The highest BCUT2D eigenvalue weighted by Crippen LogP contribution is 2.27. The van der Waals surface area contributed by atoms with Crippen LogP contribution in [0.2, 0.25) is 0 Å². The molecule has 0 fully saturated rings. The first kappa shape index (κ1) is 12.9. The van der Waals surface area contributed by atoms with Crippen LogP contribution in [0.15, 0.2) is 24.3 Å². The summed E-state index contributed by atoms with van der Waals surface area (Å²) in [5, 5.41) is 2.95. The van der Waals surface area contributed by atoms with Gasteiger partial charge in [-0.2, -0.15) is 0 Å². The minimum Gasteiger partial charge on any atom is -0.480 e. The molecule has 1 heterocycles. The maximum absolute atomic E-state index is 11.9. The highest BCUT2D eigenvalue weighted by atomic mass is 16.5. The number of fused-ring (bicyclic) bond motifs is 1. The Hall–Kier alpha value is -1.51.